The van der Waals surface area contributed by atoms with Gasteiger partial charge in [-0.3, -0.25) is 4.79 Å². The van der Waals surface area contributed by atoms with Gasteiger partial charge in [-0.25, -0.2) is 8.42 Å². The number of amides is 1. The largest absolute Gasteiger partial charge is 0.494 e. The molecule has 1 aromatic rings. The third-order valence-electron chi connectivity index (χ3n) is 3.23. The number of hydrogen-bond acceptors (Lipinski definition) is 4. The lowest BCUT2D eigenvalue weighted by molar-refractivity contribution is -0.121. The fourth-order valence-electron chi connectivity index (χ4n) is 2.16. The smallest absolute Gasteiger partial charge is 0.220 e. The molecule has 0 saturated carbocycles. The van der Waals surface area contributed by atoms with Crippen molar-refractivity contribution < 1.29 is 17.9 Å². The number of carbonyl (C=O) groups excluding carboxylic acids is 1. The minimum absolute atomic E-state index is 0.0636. The molecule has 1 aliphatic heterocycles. The minimum atomic E-state index is -2.95. The number of sulfone groups is 1. The number of halogens is 1. The number of nitrogens with one attached hydrogen (secondary N) is 1. The van der Waals surface area contributed by atoms with Gasteiger partial charge in [0.15, 0.2) is 9.84 Å². The molecule has 1 atom stereocenters. The van der Waals surface area contributed by atoms with Gasteiger partial charge in [-0.15, -0.1) is 0 Å². The van der Waals surface area contributed by atoms with E-state index in [-0.39, 0.29) is 23.5 Å². The molecule has 1 saturated heterocycles. The second-order valence-electron chi connectivity index (χ2n) is 5.07. The molecule has 0 unspecified atom stereocenters. The highest BCUT2D eigenvalue weighted by molar-refractivity contribution is 9.10. The number of hydrogen-bond donors (Lipinski definition) is 1. The maximum atomic E-state index is 11.7. The highest BCUT2D eigenvalue weighted by atomic mass is 79.9. The van der Waals surface area contributed by atoms with Gasteiger partial charge in [0.1, 0.15) is 5.75 Å². The van der Waals surface area contributed by atoms with Gasteiger partial charge in [0.05, 0.1) is 18.1 Å². The fourth-order valence-corrected chi connectivity index (χ4v) is 4.10. The molecule has 5 nitrogen and oxygen atoms in total. The average Bonchev–Trinajstić information content (AvgIpc) is 2.76. The van der Waals surface area contributed by atoms with E-state index in [4.69, 9.17) is 4.74 Å². The molecule has 0 aliphatic carbocycles. The van der Waals surface area contributed by atoms with Gasteiger partial charge in [-0.2, -0.15) is 0 Å². The van der Waals surface area contributed by atoms with Crippen LogP contribution in [0.5, 0.6) is 5.75 Å². The first-order chi connectivity index (χ1) is 9.94. The van der Waals surface area contributed by atoms with Crippen molar-refractivity contribution in [2.45, 2.75) is 25.3 Å². The molecule has 0 bridgehead atoms. The summed E-state index contributed by atoms with van der Waals surface area (Å²) < 4.78 is 29.1. The quantitative estimate of drug-likeness (QED) is 0.770. The van der Waals surface area contributed by atoms with E-state index < -0.39 is 9.84 Å². The Morgan fingerprint density at radius 1 is 1.33 bits per heavy atom. The van der Waals surface area contributed by atoms with Crippen molar-refractivity contribution in [1.29, 1.82) is 0 Å². The van der Waals surface area contributed by atoms with Gasteiger partial charge in [-0.05, 0) is 37.1 Å². The zero-order valence-electron chi connectivity index (χ0n) is 11.5. The van der Waals surface area contributed by atoms with Crippen LogP contribution in [0.25, 0.3) is 0 Å². The molecular weight excluding hydrogens is 358 g/mol. The van der Waals surface area contributed by atoms with Crippen molar-refractivity contribution in [2.75, 3.05) is 18.1 Å². The van der Waals surface area contributed by atoms with E-state index in [0.717, 1.165) is 10.2 Å². The lowest BCUT2D eigenvalue weighted by atomic mass is 10.2. The molecular formula is C14H18BrNO4S. The van der Waals surface area contributed by atoms with Crippen LogP contribution in [-0.2, 0) is 14.6 Å². The summed E-state index contributed by atoms with van der Waals surface area (Å²) in [6, 6.07) is 7.27. The van der Waals surface area contributed by atoms with Gasteiger partial charge in [0.25, 0.3) is 0 Å². The Morgan fingerprint density at radius 2 is 2.05 bits per heavy atom. The first kappa shape index (κ1) is 16.3. The molecule has 1 heterocycles. The highest BCUT2D eigenvalue weighted by Crippen LogP contribution is 2.16. The summed E-state index contributed by atoms with van der Waals surface area (Å²) in [5.41, 5.74) is 0. The Bertz CT molecular complexity index is 585. The van der Waals surface area contributed by atoms with E-state index in [1.807, 2.05) is 24.3 Å². The molecule has 1 aromatic carbocycles. The first-order valence-corrected chi connectivity index (χ1v) is 9.44. The van der Waals surface area contributed by atoms with Crippen LogP contribution in [-0.4, -0.2) is 38.5 Å². The standard InChI is InChI=1S/C14H18BrNO4S/c15-11-3-5-13(6-4-11)20-8-1-2-14(17)16-12-7-9-21(18,19)10-12/h3-6,12H,1-2,7-10H2,(H,16,17)/t12-/m0/s1. The Morgan fingerprint density at radius 3 is 2.67 bits per heavy atom. The Labute approximate surface area is 133 Å². The van der Waals surface area contributed by atoms with Gasteiger partial charge in [0, 0.05) is 16.9 Å². The van der Waals surface area contributed by atoms with Crippen LogP contribution >= 0.6 is 15.9 Å². The van der Waals surface area contributed by atoms with Crippen LogP contribution in [0.2, 0.25) is 0 Å². The van der Waals surface area contributed by atoms with Crippen LogP contribution in [0.3, 0.4) is 0 Å². The third-order valence-corrected chi connectivity index (χ3v) is 5.52. The van der Waals surface area contributed by atoms with Gasteiger partial charge >= 0.3 is 0 Å². The lowest BCUT2D eigenvalue weighted by Gasteiger charge is -2.11. The van der Waals surface area contributed by atoms with Crippen molar-refractivity contribution in [3.8, 4) is 5.75 Å². The topological polar surface area (TPSA) is 72.5 Å². The molecule has 1 aliphatic rings. The van der Waals surface area contributed by atoms with Crippen molar-refractivity contribution >= 4 is 31.7 Å². The monoisotopic (exact) mass is 375 g/mol. The summed E-state index contributed by atoms with van der Waals surface area (Å²) >= 11 is 3.34. The van der Waals surface area contributed by atoms with E-state index in [0.29, 0.717) is 25.9 Å². The van der Waals surface area contributed by atoms with Crippen LogP contribution in [0, 0.1) is 0 Å². The molecule has 1 amide bonds. The van der Waals surface area contributed by atoms with E-state index in [2.05, 4.69) is 21.2 Å². The predicted octanol–water partition coefficient (Wildman–Crippen LogP) is 1.91. The zero-order valence-corrected chi connectivity index (χ0v) is 14.0. The van der Waals surface area contributed by atoms with Crippen LogP contribution in [0.15, 0.2) is 28.7 Å². The average molecular weight is 376 g/mol. The Hall–Kier alpha value is -1.08. The summed E-state index contributed by atoms with van der Waals surface area (Å²) in [6.07, 6.45) is 1.46. The lowest BCUT2D eigenvalue weighted by Crippen LogP contribution is -2.35. The van der Waals surface area contributed by atoms with Crippen molar-refractivity contribution in [3.05, 3.63) is 28.7 Å². The van der Waals surface area contributed by atoms with Crippen LogP contribution in [0.4, 0.5) is 0 Å². The van der Waals surface area contributed by atoms with Crippen molar-refractivity contribution in [1.82, 2.24) is 5.32 Å². The zero-order chi connectivity index (χ0) is 15.3. The summed E-state index contributed by atoms with van der Waals surface area (Å²) in [5, 5.41) is 2.76. The van der Waals surface area contributed by atoms with Crippen molar-refractivity contribution in [3.63, 3.8) is 0 Å². The molecule has 0 spiro atoms. The Kier molecular flexibility index (Phi) is 5.64. The molecule has 0 aromatic heterocycles. The van der Waals surface area contributed by atoms with E-state index in [1.54, 1.807) is 0 Å². The predicted molar refractivity (Wildman–Crippen MR) is 84.1 cm³/mol. The molecule has 1 fully saturated rings. The van der Waals surface area contributed by atoms with E-state index in [1.165, 1.54) is 0 Å². The number of ether oxygens (including phenoxy) is 1. The number of rotatable bonds is 6. The molecule has 21 heavy (non-hydrogen) atoms. The van der Waals surface area contributed by atoms with Gasteiger partial charge in [-0.1, -0.05) is 15.9 Å². The second kappa shape index (κ2) is 7.26. The maximum absolute atomic E-state index is 11.7. The highest BCUT2D eigenvalue weighted by Gasteiger charge is 2.28. The summed E-state index contributed by atoms with van der Waals surface area (Å²) in [5.74, 6) is 0.885. The molecule has 1 N–H and O–H groups in total. The molecule has 0 radical (unpaired) electrons. The summed E-state index contributed by atoms with van der Waals surface area (Å²) in [7, 11) is -2.95. The maximum Gasteiger partial charge on any atom is 0.220 e. The third kappa shape index (κ3) is 5.67. The van der Waals surface area contributed by atoms with E-state index in [9.17, 15) is 13.2 Å². The number of carbonyl (C=O) groups is 1. The van der Waals surface area contributed by atoms with Crippen molar-refractivity contribution in [2.24, 2.45) is 0 Å². The van der Waals surface area contributed by atoms with Gasteiger partial charge < -0.3 is 10.1 Å². The SMILES string of the molecule is O=C(CCCOc1ccc(Br)cc1)N[C@H]1CCS(=O)(=O)C1. The van der Waals surface area contributed by atoms with E-state index >= 15 is 0 Å². The molecule has 2 rings (SSSR count). The molecule has 116 valence electrons. The minimum Gasteiger partial charge on any atom is -0.494 e. The fraction of sp³-hybridized carbons (Fsp3) is 0.500. The van der Waals surface area contributed by atoms with Crippen LogP contribution in [0.1, 0.15) is 19.3 Å². The summed E-state index contributed by atoms with van der Waals surface area (Å²) in [6.45, 7) is 0.456. The van der Waals surface area contributed by atoms with Gasteiger partial charge in [0.2, 0.25) is 5.91 Å². The first-order valence-electron chi connectivity index (χ1n) is 6.83. The normalized spacial score (nSPS) is 20.1. The van der Waals surface area contributed by atoms with Crippen LogP contribution < -0.4 is 10.1 Å². The summed E-state index contributed by atoms with van der Waals surface area (Å²) in [4.78, 5) is 11.7. The number of benzene rings is 1. The molecule has 7 heteroatoms. The Balaban J connectivity index is 1.62. The second-order valence-corrected chi connectivity index (χ2v) is 8.22.